The predicted molar refractivity (Wildman–Crippen MR) is 79.4 cm³/mol. The molecule has 0 aliphatic carbocycles. The molecule has 2 atom stereocenters. The monoisotopic (exact) mass is 298 g/mol. The van der Waals surface area contributed by atoms with Gasteiger partial charge in [0.25, 0.3) is 0 Å². The minimum atomic E-state index is 0.216. The van der Waals surface area contributed by atoms with Gasteiger partial charge in [-0.3, -0.25) is 4.79 Å². The van der Waals surface area contributed by atoms with E-state index < -0.39 is 0 Å². The second kappa shape index (κ2) is 5.49. The quantitative estimate of drug-likeness (QED) is 0.874. The Kier molecular flexibility index (Phi) is 3.34. The second-order valence-corrected chi connectivity index (χ2v) is 6.03. The highest BCUT2D eigenvalue weighted by atomic mass is 16.2. The van der Waals surface area contributed by atoms with Gasteiger partial charge in [-0.25, -0.2) is 4.68 Å². The Bertz CT molecular complexity index is 641. The first kappa shape index (κ1) is 13.4. The van der Waals surface area contributed by atoms with Gasteiger partial charge in [0.05, 0.1) is 12.1 Å². The second-order valence-electron chi connectivity index (χ2n) is 6.03. The predicted octanol–water partition coefficient (Wildman–Crippen LogP) is 0.168. The average Bonchev–Trinajstić information content (AvgIpc) is 3.18. The number of hydrogen-bond donors (Lipinski definition) is 1. The van der Waals surface area contributed by atoms with Crippen LogP contribution in [0.1, 0.15) is 18.4 Å². The molecule has 2 aliphatic heterocycles. The summed E-state index contributed by atoms with van der Waals surface area (Å²) >= 11 is 0. The molecular formula is C15H18N6O. The zero-order valence-corrected chi connectivity index (χ0v) is 12.2. The first-order chi connectivity index (χ1) is 10.8. The molecule has 7 heteroatoms. The maximum Gasteiger partial charge on any atom is 0.227 e. The van der Waals surface area contributed by atoms with Crippen LogP contribution in [0.15, 0.2) is 30.6 Å². The third-order valence-electron chi connectivity index (χ3n) is 4.47. The molecule has 0 saturated carbocycles. The smallest absolute Gasteiger partial charge is 0.227 e. The lowest BCUT2D eigenvalue weighted by Crippen LogP contribution is -2.53. The topological polar surface area (TPSA) is 75.9 Å². The molecule has 2 unspecified atom stereocenters. The number of fused-ring (bicyclic) bond motifs is 2. The average molecular weight is 298 g/mol. The molecule has 1 aromatic carbocycles. The number of carbonyl (C=O) groups is 1. The van der Waals surface area contributed by atoms with Crippen LogP contribution < -0.4 is 5.32 Å². The summed E-state index contributed by atoms with van der Waals surface area (Å²) in [4.78, 5) is 14.5. The van der Waals surface area contributed by atoms with Crippen molar-refractivity contribution >= 4 is 5.91 Å². The number of likely N-dealkylation sites (tertiary alicyclic amines) is 1. The van der Waals surface area contributed by atoms with Crippen LogP contribution in [0.5, 0.6) is 0 Å². The Morgan fingerprint density at radius 1 is 1.18 bits per heavy atom. The van der Waals surface area contributed by atoms with E-state index in [1.165, 1.54) is 12.8 Å². The maximum absolute atomic E-state index is 12.5. The number of carbonyl (C=O) groups excluding carboxylic acids is 1. The van der Waals surface area contributed by atoms with Crippen LogP contribution in [0.3, 0.4) is 0 Å². The van der Waals surface area contributed by atoms with E-state index in [1.54, 1.807) is 11.0 Å². The minimum Gasteiger partial charge on any atom is -0.339 e. The number of aromatic nitrogens is 4. The lowest BCUT2D eigenvalue weighted by molar-refractivity contribution is -0.131. The minimum absolute atomic E-state index is 0.216. The van der Waals surface area contributed by atoms with E-state index in [4.69, 9.17) is 0 Å². The summed E-state index contributed by atoms with van der Waals surface area (Å²) in [6, 6.07) is 8.77. The Labute approximate surface area is 128 Å². The van der Waals surface area contributed by atoms with Crippen LogP contribution in [0.2, 0.25) is 0 Å². The fourth-order valence-corrected chi connectivity index (χ4v) is 3.33. The van der Waals surface area contributed by atoms with Crippen LogP contribution in [0.4, 0.5) is 0 Å². The Morgan fingerprint density at radius 2 is 1.91 bits per heavy atom. The molecular weight excluding hydrogens is 280 g/mol. The molecule has 2 aliphatic rings. The SMILES string of the molecule is O=C(Cc1ccc(-n2cnnn2)cc1)N1CC2CCC(C1)N2. The summed E-state index contributed by atoms with van der Waals surface area (Å²) in [6.07, 6.45) is 4.39. The number of piperazine rings is 1. The Hall–Kier alpha value is -2.28. The van der Waals surface area contributed by atoms with E-state index >= 15 is 0 Å². The summed E-state index contributed by atoms with van der Waals surface area (Å²) < 4.78 is 1.60. The van der Waals surface area contributed by atoms with Crippen LogP contribution in [0.25, 0.3) is 5.69 Å². The van der Waals surface area contributed by atoms with Gasteiger partial charge < -0.3 is 10.2 Å². The van der Waals surface area contributed by atoms with Crippen molar-refractivity contribution in [3.63, 3.8) is 0 Å². The number of amides is 1. The van der Waals surface area contributed by atoms with Gasteiger partial charge in [-0.2, -0.15) is 0 Å². The van der Waals surface area contributed by atoms with Crippen molar-refractivity contribution < 1.29 is 4.79 Å². The van der Waals surface area contributed by atoms with E-state index in [-0.39, 0.29) is 5.91 Å². The molecule has 114 valence electrons. The molecule has 1 amide bonds. The van der Waals surface area contributed by atoms with Crippen molar-refractivity contribution in [3.05, 3.63) is 36.2 Å². The maximum atomic E-state index is 12.5. The molecule has 2 aromatic rings. The number of benzene rings is 1. The molecule has 2 fully saturated rings. The van der Waals surface area contributed by atoms with Gasteiger partial charge >= 0.3 is 0 Å². The van der Waals surface area contributed by atoms with Crippen molar-refractivity contribution in [1.29, 1.82) is 0 Å². The van der Waals surface area contributed by atoms with Gasteiger partial charge in [-0.05, 0) is 41.0 Å². The van der Waals surface area contributed by atoms with Crippen molar-refractivity contribution in [2.45, 2.75) is 31.3 Å². The molecule has 2 saturated heterocycles. The lowest BCUT2D eigenvalue weighted by atomic mass is 10.1. The summed E-state index contributed by atoms with van der Waals surface area (Å²) in [7, 11) is 0. The molecule has 0 spiro atoms. The van der Waals surface area contributed by atoms with Crippen molar-refractivity contribution in [3.8, 4) is 5.69 Å². The van der Waals surface area contributed by atoms with Crippen LogP contribution >= 0.6 is 0 Å². The zero-order chi connectivity index (χ0) is 14.9. The number of rotatable bonds is 3. The summed E-state index contributed by atoms with van der Waals surface area (Å²) in [5, 5.41) is 14.6. The van der Waals surface area contributed by atoms with E-state index in [0.717, 1.165) is 24.3 Å². The third kappa shape index (κ3) is 2.59. The van der Waals surface area contributed by atoms with Crippen LogP contribution in [0, 0.1) is 0 Å². The largest absolute Gasteiger partial charge is 0.339 e. The highest BCUT2D eigenvalue weighted by molar-refractivity contribution is 5.79. The molecule has 1 aromatic heterocycles. The van der Waals surface area contributed by atoms with Gasteiger partial charge in [0.15, 0.2) is 0 Å². The van der Waals surface area contributed by atoms with Gasteiger partial charge in [-0.15, -0.1) is 5.10 Å². The molecule has 22 heavy (non-hydrogen) atoms. The molecule has 2 bridgehead atoms. The van der Waals surface area contributed by atoms with Gasteiger partial charge in [0, 0.05) is 25.2 Å². The van der Waals surface area contributed by atoms with Crippen LogP contribution in [-0.2, 0) is 11.2 Å². The van der Waals surface area contributed by atoms with Crippen LogP contribution in [-0.4, -0.2) is 56.2 Å². The number of hydrogen-bond acceptors (Lipinski definition) is 5. The first-order valence-corrected chi connectivity index (χ1v) is 7.64. The van der Waals surface area contributed by atoms with Gasteiger partial charge in [0.2, 0.25) is 5.91 Å². The highest BCUT2D eigenvalue weighted by Crippen LogP contribution is 2.20. The third-order valence-corrected chi connectivity index (χ3v) is 4.47. The number of nitrogens with zero attached hydrogens (tertiary/aromatic N) is 5. The fraction of sp³-hybridized carbons (Fsp3) is 0.467. The number of nitrogens with one attached hydrogen (secondary N) is 1. The first-order valence-electron chi connectivity index (χ1n) is 7.64. The van der Waals surface area contributed by atoms with Gasteiger partial charge in [-0.1, -0.05) is 12.1 Å². The standard InChI is InChI=1S/C15H18N6O/c22-15(20-8-12-3-4-13(9-20)17-12)7-11-1-5-14(6-2-11)21-10-16-18-19-21/h1-2,5-6,10,12-13,17H,3-4,7-9H2. The van der Waals surface area contributed by atoms with E-state index in [1.807, 2.05) is 29.2 Å². The van der Waals surface area contributed by atoms with Crippen molar-refractivity contribution in [1.82, 2.24) is 30.4 Å². The Morgan fingerprint density at radius 3 is 2.55 bits per heavy atom. The fourth-order valence-electron chi connectivity index (χ4n) is 3.33. The molecule has 1 N–H and O–H groups in total. The summed E-state index contributed by atoms with van der Waals surface area (Å²) in [5.41, 5.74) is 1.91. The Balaban J connectivity index is 1.41. The zero-order valence-electron chi connectivity index (χ0n) is 12.2. The summed E-state index contributed by atoms with van der Waals surface area (Å²) in [5.74, 6) is 0.216. The highest BCUT2D eigenvalue weighted by Gasteiger charge is 2.33. The van der Waals surface area contributed by atoms with E-state index in [0.29, 0.717) is 18.5 Å². The molecule has 7 nitrogen and oxygen atoms in total. The van der Waals surface area contributed by atoms with Crippen molar-refractivity contribution in [2.24, 2.45) is 0 Å². The lowest BCUT2D eigenvalue weighted by Gasteiger charge is -2.33. The number of tetrazole rings is 1. The van der Waals surface area contributed by atoms with Gasteiger partial charge in [0.1, 0.15) is 6.33 Å². The normalized spacial score (nSPS) is 23.7. The van der Waals surface area contributed by atoms with Crippen molar-refractivity contribution in [2.75, 3.05) is 13.1 Å². The molecule has 0 radical (unpaired) electrons. The summed E-state index contributed by atoms with van der Waals surface area (Å²) in [6.45, 7) is 1.69. The molecule has 4 rings (SSSR count). The van der Waals surface area contributed by atoms with E-state index in [9.17, 15) is 4.79 Å². The van der Waals surface area contributed by atoms with E-state index in [2.05, 4.69) is 20.8 Å². The molecule has 3 heterocycles.